The van der Waals surface area contributed by atoms with Gasteiger partial charge in [-0.2, -0.15) is 11.8 Å². The number of carbonyl (C=O) groups is 1. The number of carbonyl (C=O) groups excluding carboxylic acids is 1. The lowest BCUT2D eigenvalue weighted by Crippen LogP contribution is -2.27. The molecule has 0 aromatic heterocycles. The highest BCUT2D eigenvalue weighted by atomic mass is 35.5. The van der Waals surface area contributed by atoms with Crippen LogP contribution in [0.4, 0.5) is 4.39 Å². The zero-order valence-corrected chi connectivity index (χ0v) is 9.93. The number of thioether (sulfide) groups is 1. The quantitative estimate of drug-likeness (QED) is 0.599. The Morgan fingerprint density at radius 2 is 1.87 bits per heavy atom. The molecule has 0 N–H and O–H groups in total. The summed E-state index contributed by atoms with van der Waals surface area (Å²) in [5, 5.41) is -0.198. The Balaban J connectivity index is 2.32. The van der Waals surface area contributed by atoms with Crippen LogP contribution in [0.25, 0.3) is 0 Å². The molecule has 5 heteroatoms. The van der Waals surface area contributed by atoms with Gasteiger partial charge >= 0.3 is 0 Å². The highest BCUT2D eigenvalue weighted by Gasteiger charge is 2.27. The minimum atomic E-state index is -0.669. The van der Waals surface area contributed by atoms with E-state index < -0.39 is 5.82 Å². The van der Waals surface area contributed by atoms with E-state index in [-0.39, 0.29) is 21.7 Å². The van der Waals surface area contributed by atoms with E-state index in [2.05, 4.69) is 0 Å². The maximum absolute atomic E-state index is 13.1. The zero-order chi connectivity index (χ0) is 11.0. The molecular weight excluding hydrogens is 258 g/mol. The number of hydrogen-bond acceptors (Lipinski definition) is 2. The molecule has 80 valence electrons. The van der Waals surface area contributed by atoms with Crippen molar-refractivity contribution in [3.63, 3.8) is 0 Å². The van der Waals surface area contributed by atoms with Crippen LogP contribution in [0.3, 0.4) is 0 Å². The summed E-state index contributed by atoms with van der Waals surface area (Å²) in [5.41, 5.74) is 0.400. The molecule has 15 heavy (non-hydrogen) atoms. The smallest absolute Gasteiger partial charge is 0.167 e. The normalized spacial score (nSPS) is 16.2. The van der Waals surface area contributed by atoms with Crippen molar-refractivity contribution in [2.24, 2.45) is 5.92 Å². The van der Waals surface area contributed by atoms with Crippen molar-refractivity contribution < 1.29 is 9.18 Å². The number of rotatable bonds is 2. The van der Waals surface area contributed by atoms with Crippen molar-refractivity contribution in [3.05, 3.63) is 33.6 Å². The second-order valence-corrected chi connectivity index (χ2v) is 5.24. The minimum absolute atomic E-state index is 0.00227. The second kappa shape index (κ2) is 4.32. The molecule has 0 bridgehead atoms. The van der Waals surface area contributed by atoms with Gasteiger partial charge in [0, 0.05) is 23.0 Å². The number of hydrogen-bond donors (Lipinski definition) is 0. The topological polar surface area (TPSA) is 17.1 Å². The van der Waals surface area contributed by atoms with E-state index in [0.717, 1.165) is 11.5 Å². The van der Waals surface area contributed by atoms with Crippen LogP contribution in [-0.2, 0) is 0 Å². The van der Waals surface area contributed by atoms with Gasteiger partial charge in [-0.1, -0.05) is 23.2 Å². The number of halogens is 3. The third-order valence-electron chi connectivity index (χ3n) is 2.28. The van der Waals surface area contributed by atoms with Crippen LogP contribution in [-0.4, -0.2) is 17.3 Å². The molecule has 1 saturated heterocycles. The van der Waals surface area contributed by atoms with Gasteiger partial charge in [0.05, 0.1) is 10.0 Å². The highest BCUT2D eigenvalue weighted by molar-refractivity contribution is 8.00. The molecule has 0 aliphatic carbocycles. The summed E-state index contributed by atoms with van der Waals surface area (Å²) in [6.07, 6.45) is 0. The molecule has 1 heterocycles. The van der Waals surface area contributed by atoms with Crippen molar-refractivity contribution in [2.45, 2.75) is 0 Å². The first-order valence-corrected chi connectivity index (χ1v) is 6.27. The first-order chi connectivity index (χ1) is 7.09. The molecule has 1 aliphatic heterocycles. The predicted octanol–water partition coefficient (Wildman–Crippen LogP) is 3.68. The largest absolute Gasteiger partial charge is 0.294 e. The Hall–Kier alpha value is -0.250. The van der Waals surface area contributed by atoms with E-state index in [0.29, 0.717) is 5.56 Å². The highest BCUT2D eigenvalue weighted by Crippen LogP contribution is 2.31. The fourth-order valence-electron chi connectivity index (χ4n) is 1.32. The van der Waals surface area contributed by atoms with E-state index in [9.17, 15) is 9.18 Å². The fraction of sp³-hybridized carbons (Fsp3) is 0.300. The third kappa shape index (κ3) is 2.14. The van der Waals surface area contributed by atoms with Crippen molar-refractivity contribution in [1.29, 1.82) is 0 Å². The summed E-state index contributed by atoms with van der Waals surface area (Å²) in [6.45, 7) is 0. The molecular formula is C10H7Cl2FOS. The standard InChI is InChI=1S/C10H7Cl2FOS/c11-7-1-5(2-8(12)9(7)13)10(14)6-3-15-4-6/h1-2,6H,3-4H2. The van der Waals surface area contributed by atoms with Gasteiger partial charge in [0.1, 0.15) is 0 Å². The van der Waals surface area contributed by atoms with Crippen LogP contribution in [0.5, 0.6) is 0 Å². The molecule has 1 fully saturated rings. The van der Waals surface area contributed by atoms with Crippen molar-refractivity contribution in [3.8, 4) is 0 Å². The first kappa shape index (κ1) is 11.2. The van der Waals surface area contributed by atoms with Gasteiger partial charge in [-0.15, -0.1) is 0 Å². The summed E-state index contributed by atoms with van der Waals surface area (Å²) in [4.78, 5) is 11.8. The SMILES string of the molecule is O=C(c1cc(Cl)c(F)c(Cl)c1)C1CSC1. The van der Waals surface area contributed by atoms with E-state index in [1.807, 2.05) is 0 Å². The third-order valence-corrected chi connectivity index (χ3v) is 4.10. The van der Waals surface area contributed by atoms with Crippen molar-refractivity contribution >= 4 is 40.7 Å². The maximum Gasteiger partial charge on any atom is 0.167 e. The van der Waals surface area contributed by atoms with Crippen LogP contribution < -0.4 is 0 Å². The lowest BCUT2D eigenvalue weighted by Gasteiger charge is -2.23. The first-order valence-electron chi connectivity index (χ1n) is 4.36. The average molecular weight is 265 g/mol. The van der Waals surface area contributed by atoms with Gasteiger partial charge in [-0.05, 0) is 12.1 Å². The zero-order valence-electron chi connectivity index (χ0n) is 7.60. The molecule has 0 spiro atoms. The van der Waals surface area contributed by atoms with E-state index in [1.54, 1.807) is 11.8 Å². The Kier molecular flexibility index (Phi) is 3.24. The van der Waals surface area contributed by atoms with Crippen LogP contribution in [0, 0.1) is 11.7 Å². The van der Waals surface area contributed by atoms with Crippen molar-refractivity contribution in [2.75, 3.05) is 11.5 Å². The molecule has 0 atom stereocenters. The predicted molar refractivity (Wildman–Crippen MR) is 61.6 cm³/mol. The lowest BCUT2D eigenvalue weighted by molar-refractivity contribution is 0.0939. The molecule has 1 aliphatic rings. The van der Waals surface area contributed by atoms with Crippen LogP contribution in [0.2, 0.25) is 10.0 Å². The van der Waals surface area contributed by atoms with Gasteiger partial charge in [0.25, 0.3) is 0 Å². The average Bonchev–Trinajstić information content (AvgIpc) is 2.10. The van der Waals surface area contributed by atoms with E-state index >= 15 is 0 Å². The Bertz CT molecular complexity index is 395. The summed E-state index contributed by atoms with van der Waals surface area (Å²) >= 11 is 12.9. The Morgan fingerprint density at radius 1 is 1.33 bits per heavy atom. The number of benzene rings is 1. The van der Waals surface area contributed by atoms with E-state index in [1.165, 1.54) is 12.1 Å². The fourth-order valence-corrected chi connectivity index (χ4v) is 2.58. The summed E-state index contributed by atoms with van der Waals surface area (Å²) < 4.78 is 13.1. The number of ketones is 1. The van der Waals surface area contributed by atoms with Crippen LogP contribution in [0.15, 0.2) is 12.1 Å². The molecule has 0 saturated carbocycles. The van der Waals surface area contributed by atoms with Gasteiger partial charge in [0.15, 0.2) is 11.6 Å². The van der Waals surface area contributed by atoms with Crippen LogP contribution in [0.1, 0.15) is 10.4 Å². The van der Waals surface area contributed by atoms with Crippen LogP contribution >= 0.6 is 35.0 Å². The number of Topliss-reactive ketones (excluding diaryl/α,β-unsaturated/α-hetero) is 1. The molecule has 1 aromatic carbocycles. The summed E-state index contributed by atoms with van der Waals surface area (Å²) in [6, 6.07) is 2.68. The van der Waals surface area contributed by atoms with Gasteiger partial charge in [-0.25, -0.2) is 4.39 Å². The van der Waals surface area contributed by atoms with Gasteiger partial charge in [0.2, 0.25) is 0 Å². The van der Waals surface area contributed by atoms with E-state index in [4.69, 9.17) is 23.2 Å². The summed E-state index contributed by atoms with van der Waals surface area (Å²) in [7, 11) is 0. The Labute approximate surface area is 101 Å². The van der Waals surface area contributed by atoms with Gasteiger partial charge in [-0.3, -0.25) is 4.79 Å². The summed E-state index contributed by atoms with van der Waals surface area (Å²) in [5.74, 6) is 1.01. The van der Waals surface area contributed by atoms with Crippen molar-refractivity contribution in [1.82, 2.24) is 0 Å². The molecule has 0 amide bonds. The molecule has 0 unspecified atom stereocenters. The molecule has 1 nitrogen and oxygen atoms in total. The molecule has 0 radical (unpaired) electrons. The molecule has 2 rings (SSSR count). The second-order valence-electron chi connectivity index (χ2n) is 3.35. The molecule has 1 aromatic rings. The Morgan fingerprint density at radius 3 is 2.27 bits per heavy atom. The minimum Gasteiger partial charge on any atom is -0.294 e. The maximum atomic E-state index is 13.1. The monoisotopic (exact) mass is 264 g/mol. The van der Waals surface area contributed by atoms with Gasteiger partial charge < -0.3 is 0 Å². The lowest BCUT2D eigenvalue weighted by atomic mass is 10.0.